The first-order valence-corrected chi connectivity index (χ1v) is 6.70. The van der Waals surface area contributed by atoms with Gasteiger partial charge in [0.2, 0.25) is 0 Å². The quantitative estimate of drug-likeness (QED) is 0.784. The highest BCUT2D eigenvalue weighted by Crippen LogP contribution is 2.28. The minimum Gasteiger partial charge on any atom is -0.296 e. The predicted molar refractivity (Wildman–Crippen MR) is 76.8 cm³/mol. The van der Waals surface area contributed by atoms with E-state index in [1.807, 2.05) is 12.1 Å². The standard InChI is InChI=1S/C13H8ClN3OS/c14-8-4-5-9-11(7-8)19-13(16-9)17-12(18)10-3-1-2-6-15-10/h1-7H,(H,16,17,18). The molecule has 0 aliphatic rings. The van der Waals surface area contributed by atoms with Crippen LogP contribution in [0.2, 0.25) is 5.02 Å². The summed E-state index contributed by atoms with van der Waals surface area (Å²) in [5.41, 5.74) is 1.17. The molecule has 2 heterocycles. The average Bonchev–Trinajstić information content (AvgIpc) is 2.81. The van der Waals surface area contributed by atoms with E-state index in [4.69, 9.17) is 11.6 Å². The first kappa shape index (κ1) is 12.1. The van der Waals surface area contributed by atoms with Crippen molar-refractivity contribution in [2.45, 2.75) is 0 Å². The Balaban J connectivity index is 1.87. The summed E-state index contributed by atoms with van der Waals surface area (Å²) < 4.78 is 0.934. The molecule has 3 rings (SSSR count). The van der Waals surface area contributed by atoms with Crippen molar-refractivity contribution in [3.8, 4) is 0 Å². The number of anilines is 1. The van der Waals surface area contributed by atoms with E-state index in [0.717, 1.165) is 10.2 Å². The minimum atomic E-state index is -0.272. The summed E-state index contributed by atoms with van der Waals surface area (Å²) in [6.07, 6.45) is 1.58. The lowest BCUT2D eigenvalue weighted by Crippen LogP contribution is -2.12. The van der Waals surface area contributed by atoms with E-state index < -0.39 is 0 Å². The van der Waals surface area contributed by atoms with Crippen molar-refractivity contribution >= 4 is 44.2 Å². The van der Waals surface area contributed by atoms with Crippen LogP contribution in [0.1, 0.15) is 10.5 Å². The lowest BCUT2D eigenvalue weighted by Gasteiger charge is -1.99. The molecule has 0 bridgehead atoms. The van der Waals surface area contributed by atoms with E-state index in [0.29, 0.717) is 15.8 Å². The van der Waals surface area contributed by atoms with Crippen LogP contribution in [0.3, 0.4) is 0 Å². The normalized spacial score (nSPS) is 10.6. The fourth-order valence-electron chi connectivity index (χ4n) is 1.61. The number of rotatable bonds is 2. The van der Waals surface area contributed by atoms with Crippen molar-refractivity contribution < 1.29 is 4.79 Å². The molecule has 19 heavy (non-hydrogen) atoms. The highest BCUT2D eigenvalue weighted by Gasteiger charge is 2.10. The summed E-state index contributed by atoms with van der Waals surface area (Å²) in [5, 5.41) is 3.92. The number of amides is 1. The monoisotopic (exact) mass is 289 g/mol. The Kier molecular flexibility index (Phi) is 3.15. The fraction of sp³-hybridized carbons (Fsp3) is 0. The van der Waals surface area contributed by atoms with Crippen LogP contribution >= 0.6 is 22.9 Å². The first-order valence-electron chi connectivity index (χ1n) is 5.51. The lowest BCUT2D eigenvalue weighted by molar-refractivity contribution is 0.102. The van der Waals surface area contributed by atoms with Gasteiger partial charge in [0.1, 0.15) is 5.69 Å². The van der Waals surface area contributed by atoms with Gasteiger partial charge >= 0.3 is 0 Å². The van der Waals surface area contributed by atoms with Gasteiger partial charge < -0.3 is 0 Å². The van der Waals surface area contributed by atoms with E-state index in [1.165, 1.54) is 11.3 Å². The summed E-state index contributed by atoms with van der Waals surface area (Å²) in [6, 6.07) is 10.6. The highest BCUT2D eigenvalue weighted by molar-refractivity contribution is 7.22. The number of thiazole rings is 1. The molecule has 0 aliphatic carbocycles. The van der Waals surface area contributed by atoms with Crippen LogP contribution in [0.25, 0.3) is 10.2 Å². The maximum absolute atomic E-state index is 11.9. The van der Waals surface area contributed by atoms with Gasteiger partial charge in [-0.25, -0.2) is 4.98 Å². The number of nitrogens with zero attached hydrogens (tertiary/aromatic N) is 2. The molecular weight excluding hydrogens is 282 g/mol. The molecule has 3 aromatic rings. The number of nitrogens with one attached hydrogen (secondary N) is 1. The van der Waals surface area contributed by atoms with Crippen LogP contribution in [-0.2, 0) is 0 Å². The molecule has 2 aromatic heterocycles. The van der Waals surface area contributed by atoms with Gasteiger partial charge in [0.25, 0.3) is 5.91 Å². The maximum atomic E-state index is 11.9. The van der Waals surface area contributed by atoms with Crippen LogP contribution in [-0.4, -0.2) is 15.9 Å². The van der Waals surface area contributed by atoms with Crippen molar-refractivity contribution in [3.63, 3.8) is 0 Å². The zero-order valence-corrected chi connectivity index (χ0v) is 11.2. The summed E-state index contributed by atoms with van der Waals surface area (Å²) in [4.78, 5) is 20.2. The number of hydrogen-bond donors (Lipinski definition) is 1. The molecule has 0 unspecified atom stereocenters. The molecule has 0 saturated heterocycles. The molecule has 1 N–H and O–H groups in total. The molecule has 1 amide bonds. The smallest absolute Gasteiger partial charge is 0.276 e. The molecule has 0 atom stereocenters. The molecule has 0 fully saturated rings. The Hall–Kier alpha value is -1.98. The van der Waals surface area contributed by atoms with Crippen LogP contribution in [0.5, 0.6) is 0 Å². The van der Waals surface area contributed by atoms with Gasteiger partial charge in [-0.1, -0.05) is 29.0 Å². The number of fused-ring (bicyclic) bond motifs is 1. The van der Waals surface area contributed by atoms with Crippen molar-refractivity contribution in [2.75, 3.05) is 5.32 Å². The number of carbonyl (C=O) groups excluding carboxylic acids is 1. The third-order valence-corrected chi connectivity index (χ3v) is 3.64. The van der Waals surface area contributed by atoms with E-state index in [9.17, 15) is 4.79 Å². The lowest BCUT2D eigenvalue weighted by atomic mass is 10.3. The second-order valence-electron chi connectivity index (χ2n) is 3.80. The zero-order valence-electron chi connectivity index (χ0n) is 9.63. The van der Waals surface area contributed by atoms with E-state index in [2.05, 4.69) is 15.3 Å². The summed E-state index contributed by atoms with van der Waals surface area (Å²) in [6.45, 7) is 0. The van der Waals surface area contributed by atoms with Crippen LogP contribution < -0.4 is 5.32 Å². The highest BCUT2D eigenvalue weighted by atomic mass is 35.5. The summed E-state index contributed by atoms with van der Waals surface area (Å²) >= 11 is 7.29. The van der Waals surface area contributed by atoms with Crippen LogP contribution in [0.4, 0.5) is 5.13 Å². The van der Waals surface area contributed by atoms with Gasteiger partial charge in [-0.3, -0.25) is 15.1 Å². The Morgan fingerprint density at radius 1 is 1.26 bits per heavy atom. The summed E-state index contributed by atoms with van der Waals surface area (Å²) in [5.74, 6) is -0.272. The topological polar surface area (TPSA) is 54.9 Å². The molecule has 0 spiro atoms. The first-order chi connectivity index (χ1) is 9.22. The van der Waals surface area contributed by atoms with Crippen molar-refractivity contribution in [1.29, 1.82) is 0 Å². The molecule has 1 aromatic carbocycles. The Bertz CT molecular complexity index is 742. The Morgan fingerprint density at radius 3 is 2.95 bits per heavy atom. The summed E-state index contributed by atoms with van der Waals surface area (Å²) in [7, 11) is 0. The fourth-order valence-corrected chi connectivity index (χ4v) is 2.75. The van der Waals surface area contributed by atoms with E-state index >= 15 is 0 Å². The number of pyridine rings is 1. The van der Waals surface area contributed by atoms with Crippen molar-refractivity contribution in [2.24, 2.45) is 0 Å². The van der Waals surface area contributed by atoms with Gasteiger partial charge in [0, 0.05) is 11.2 Å². The second-order valence-corrected chi connectivity index (χ2v) is 5.27. The van der Waals surface area contributed by atoms with Crippen LogP contribution in [0, 0.1) is 0 Å². The van der Waals surface area contributed by atoms with E-state index in [1.54, 1.807) is 30.5 Å². The maximum Gasteiger partial charge on any atom is 0.276 e. The molecule has 0 aliphatic heterocycles. The molecule has 0 radical (unpaired) electrons. The predicted octanol–water partition coefficient (Wildman–Crippen LogP) is 3.60. The van der Waals surface area contributed by atoms with Gasteiger partial charge in [-0.2, -0.15) is 0 Å². The third-order valence-electron chi connectivity index (χ3n) is 2.47. The van der Waals surface area contributed by atoms with Crippen molar-refractivity contribution in [3.05, 3.63) is 53.3 Å². The largest absolute Gasteiger partial charge is 0.296 e. The third kappa shape index (κ3) is 2.57. The van der Waals surface area contributed by atoms with Gasteiger partial charge in [-0.05, 0) is 30.3 Å². The Morgan fingerprint density at radius 2 is 2.16 bits per heavy atom. The molecular formula is C13H8ClN3OS. The molecule has 94 valence electrons. The number of halogens is 1. The van der Waals surface area contributed by atoms with Gasteiger partial charge in [-0.15, -0.1) is 0 Å². The molecule has 0 saturated carbocycles. The number of benzene rings is 1. The zero-order chi connectivity index (χ0) is 13.2. The SMILES string of the molecule is O=C(Nc1nc2ccc(Cl)cc2s1)c1ccccn1. The number of carbonyl (C=O) groups is 1. The van der Waals surface area contributed by atoms with Gasteiger partial charge in [0.15, 0.2) is 5.13 Å². The second kappa shape index (κ2) is 4.95. The van der Waals surface area contributed by atoms with E-state index in [-0.39, 0.29) is 5.91 Å². The number of aromatic nitrogens is 2. The van der Waals surface area contributed by atoms with Gasteiger partial charge in [0.05, 0.1) is 10.2 Å². The average molecular weight is 290 g/mol. The minimum absolute atomic E-state index is 0.272. The number of hydrogen-bond acceptors (Lipinski definition) is 4. The molecule has 4 nitrogen and oxygen atoms in total. The molecule has 6 heteroatoms. The van der Waals surface area contributed by atoms with Crippen molar-refractivity contribution in [1.82, 2.24) is 9.97 Å². The van der Waals surface area contributed by atoms with Crippen LogP contribution in [0.15, 0.2) is 42.6 Å². The Labute approximate surface area is 118 Å².